The molecule has 0 fully saturated rings. The minimum absolute atomic E-state index is 0.652. The fourth-order valence-corrected chi connectivity index (χ4v) is 2.41. The summed E-state index contributed by atoms with van der Waals surface area (Å²) in [6, 6.07) is 6.60. The van der Waals surface area contributed by atoms with Crippen LogP contribution in [0.5, 0.6) is 0 Å². The standard InChI is InChI=1S/C14H16BrN3O2/c1-2-6-18-9-16-8-12(18)13(14(19)20)17-11-5-3-4-10(15)7-11/h3-5,7-9,13,17H,2,6H2,1H3,(H,19,20). The molecule has 2 rings (SSSR count). The summed E-state index contributed by atoms with van der Waals surface area (Å²) in [6.07, 6.45) is 4.18. The number of anilines is 1. The number of aryl methyl sites for hydroxylation is 1. The predicted octanol–water partition coefficient (Wildman–Crippen LogP) is 3.29. The number of nitrogens with one attached hydrogen (secondary N) is 1. The van der Waals surface area contributed by atoms with Crippen LogP contribution < -0.4 is 5.32 Å². The Hall–Kier alpha value is -1.82. The molecular weight excluding hydrogens is 322 g/mol. The average Bonchev–Trinajstić information content (AvgIpc) is 2.84. The number of carbonyl (C=O) groups is 1. The van der Waals surface area contributed by atoms with Crippen LogP contribution in [0, 0.1) is 0 Å². The van der Waals surface area contributed by atoms with E-state index in [0.29, 0.717) is 5.69 Å². The zero-order valence-corrected chi connectivity index (χ0v) is 12.7. The molecule has 1 aromatic carbocycles. The van der Waals surface area contributed by atoms with Crippen LogP contribution in [0.3, 0.4) is 0 Å². The minimum atomic E-state index is -0.928. The van der Waals surface area contributed by atoms with Crippen molar-refractivity contribution in [3.8, 4) is 0 Å². The van der Waals surface area contributed by atoms with E-state index in [9.17, 15) is 9.90 Å². The van der Waals surface area contributed by atoms with E-state index < -0.39 is 12.0 Å². The number of aromatic nitrogens is 2. The number of carboxylic acid groups (broad SMARTS) is 1. The molecule has 1 heterocycles. The molecular formula is C14H16BrN3O2. The highest BCUT2D eigenvalue weighted by Gasteiger charge is 2.23. The first-order valence-corrected chi connectivity index (χ1v) is 7.16. The van der Waals surface area contributed by atoms with E-state index in [1.165, 1.54) is 0 Å². The van der Waals surface area contributed by atoms with Gasteiger partial charge in [-0.2, -0.15) is 0 Å². The molecule has 1 atom stereocenters. The van der Waals surface area contributed by atoms with Gasteiger partial charge in [0, 0.05) is 16.7 Å². The lowest BCUT2D eigenvalue weighted by Crippen LogP contribution is -2.23. The second-order valence-corrected chi connectivity index (χ2v) is 5.35. The van der Waals surface area contributed by atoms with E-state index in [0.717, 1.165) is 23.1 Å². The van der Waals surface area contributed by atoms with Crippen LogP contribution in [0.4, 0.5) is 5.69 Å². The first-order chi connectivity index (χ1) is 9.61. The third-order valence-corrected chi connectivity index (χ3v) is 3.38. The van der Waals surface area contributed by atoms with Gasteiger partial charge >= 0.3 is 5.97 Å². The molecule has 0 aliphatic carbocycles. The Bertz CT molecular complexity index is 598. The number of aliphatic carboxylic acids is 1. The SMILES string of the molecule is CCCn1cncc1C(Nc1cccc(Br)c1)C(=O)O. The van der Waals surface area contributed by atoms with E-state index in [1.807, 2.05) is 35.8 Å². The van der Waals surface area contributed by atoms with Gasteiger partial charge in [0.15, 0.2) is 6.04 Å². The van der Waals surface area contributed by atoms with Crippen molar-refractivity contribution in [3.05, 3.63) is 47.0 Å². The van der Waals surface area contributed by atoms with Gasteiger partial charge in [0.05, 0.1) is 18.2 Å². The van der Waals surface area contributed by atoms with Crippen molar-refractivity contribution >= 4 is 27.6 Å². The van der Waals surface area contributed by atoms with Crippen molar-refractivity contribution in [2.75, 3.05) is 5.32 Å². The summed E-state index contributed by atoms with van der Waals surface area (Å²) in [5.74, 6) is -0.928. The second kappa shape index (κ2) is 6.56. The second-order valence-electron chi connectivity index (χ2n) is 4.44. The van der Waals surface area contributed by atoms with Gasteiger partial charge in [-0.05, 0) is 24.6 Å². The normalized spacial score (nSPS) is 12.1. The lowest BCUT2D eigenvalue weighted by molar-refractivity contribution is -0.138. The molecule has 0 saturated carbocycles. The maximum absolute atomic E-state index is 11.5. The Morgan fingerprint density at radius 3 is 3.00 bits per heavy atom. The van der Waals surface area contributed by atoms with E-state index in [2.05, 4.69) is 26.2 Å². The third kappa shape index (κ3) is 3.39. The number of hydrogen-bond acceptors (Lipinski definition) is 3. The zero-order valence-electron chi connectivity index (χ0n) is 11.1. The number of nitrogens with zero attached hydrogens (tertiary/aromatic N) is 2. The number of halogens is 1. The maximum atomic E-state index is 11.5. The molecule has 106 valence electrons. The van der Waals surface area contributed by atoms with Gasteiger partial charge in [0.1, 0.15) is 0 Å². The first-order valence-electron chi connectivity index (χ1n) is 6.36. The fraction of sp³-hybridized carbons (Fsp3) is 0.286. The van der Waals surface area contributed by atoms with Crippen LogP contribution in [0.1, 0.15) is 25.1 Å². The van der Waals surface area contributed by atoms with Crippen LogP contribution in [-0.2, 0) is 11.3 Å². The number of rotatable bonds is 6. The summed E-state index contributed by atoms with van der Waals surface area (Å²) in [6.45, 7) is 2.79. The van der Waals surface area contributed by atoms with Crippen molar-refractivity contribution in [3.63, 3.8) is 0 Å². The molecule has 6 heteroatoms. The lowest BCUT2D eigenvalue weighted by Gasteiger charge is -2.17. The number of benzene rings is 1. The third-order valence-electron chi connectivity index (χ3n) is 2.89. The first kappa shape index (κ1) is 14.6. The van der Waals surface area contributed by atoms with Crippen LogP contribution in [0.2, 0.25) is 0 Å². The average molecular weight is 338 g/mol. The highest BCUT2D eigenvalue weighted by atomic mass is 79.9. The van der Waals surface area contributed by atoms with E-state index in [1.54, 1.807) is 12.5 Å². The number of imidazole rings is 1. The molecule has 1 unspecified atom stereocenters. The molecule has 2 N–H and O–H groups in total. The number of hydrogen-bond donors (Lipinski definition) is 2. The summed E-state index contributed by atoms with van der Waals surface area (Å²) in [5.41, 5.74) is 1.40. The fourth-order valence-electron chi connectivity index (χ4n) is 2.01. The Morgan fingerprint density at radius 2 is 2.35 bits per heavy atom. The van der Waals surface area contributed by atoms with Gasteiger partial charge in [-0.3, -0.25) is 0 Å². The van der Waals surface area contributed by atoms with Crippen molar-refractivity contribution in [2.45, 2.75) is 25.9 Å². The Balaban J connectivity index is 2.27. The minimum Gasteiger partial charge on any atom is -0.479 e. The van der Waals surface area contributed by atoms with Gasteiger partial charge in [-0.15, -0.1) is 0 Å². The van der Waals surface area contributed by atoms with Crippen molar-refractivity contribution < 1.29 is 9.90 Å². The predicted molar refractivity (Wildman–Crippen MR) is 80.7 cm³/mol. The quantitative estimate of drug-likeness (QED) is 0.848. The van der Waals surface area contributed by atoms with Crippen LogP contribution in [0.25, 0.3) is 0 Å². The van der Waals surface area contributed by atoms with Crippen LogP contribution in [0.15, 0.2) is 41.3 Å². The summed E-state index contributed by atoms with van der Waals surface area (Å²) in [7, 11) is 0. The molecule has 5 nitrogen and oxygen atoms in total. The molecule has 0 aliphatic rings. The van der Waals surface area contributed by atoms with Gasteiger partial charge < -0.3 is 15.0 Å². The molecule has 1 aromatic heterocycles. The maximum Gasteiger partial charge on any atom is 0.332 e. The highest BCUT2D eigenvalue weighted by molar-refractivity contribution is 9.10. The van der Waals surface area contributed by atoms with E-state index in [4.69, 9.17) is 0 Å². The highest BCUT2D eigenvalue weighted by Crippen LogP contribution is 2.22. The lowest BCUT2D eigenvalue weighted by atomic mass is 10.2. The molecule has 0 aliphatic heterocycles. The molecule has 0 saturated heterocycles. The van der Waals surface area contributed by atoms with Crippen LogP contribution in [-0.4, -0.2) is 20.6 Å². The Kier molecular flexibility index (Phi) is 4.79. The van der Waals surface area contributed by atoms with Gasteiger partial charge in [-0.1, -0.05) is 28.9 Å². The Morgan fingerprint density at radius 1 is 1.55 bits per heavy atom. The number of carboxylic acids is 1. The summed E-state index contributed by atoms with van der Waals surface area (Å²) < 4.78 is 2.76. The largest absolute Gasteiger partial charge is 0.479 e. The topological polar surface area (TPSA) is 67.2 Å². The van der Waals surface area contributed by atoms with Crippen LogP contribution >= 0.6 is 15.9 Å². The molecule has 0 bridgehead atoms. The summed E-state index contributed by atoms with van der Waals surface area (Å²) in [4.78, 5) is 15.6. The smallest absolute Gasteiger partial charge is 0.332 e. The van der Waals surface area contributed by atoms with Gasteiger partial charge in [-0.25, -0.2) is 9.78 Å². The molecule has 0 spiro atoms. The van der Waals surface area contributed by atoms with Gasteiger partial charge in [0.25, 0.3) is 0 Å². The van der Waals surface area contributed by atoms with Crippen molar-refractivity contribution in [1.82, 2.24) is 9.55 Å². The summed E-state index contributed by atoms with van der Waals surface area (Å²) >= 11 is 3.37. The molecule has 2 aromatic rings. The molecule has 0 radical (unpaired) electrons. The van der Waals surface area contributed by atoms with E-state index in [-0.39, 0.29) is 0 Å². The van der Waals surface area contributed by atoms with Crippen molar-refractivity contribution in [2.24, 2.45) is 0 Å². The zero-order chi connectivity index (χ0) is 14.5. The van der Waals surface area contributed by atoms with Gasteiger partial charge in [0.2, 0.25) is 0 Å². The molecule has 0 amide bonds. The molecule has 20 heavy (non-hydrogen) atoms. The monoisotopic (exact) mass is 337 g/mol. The summed E-state index contributed by atoms with van der Waals surface area (Å²) in [5, 5.41) is 12.5. The van der Waals surface area contributed by atoms with Crippen molar-refractivity contribution in [1.29, 1.82) is 0 Å². The van der Waals surface area contributed by atoms with E-state index >= 15 is 0 Å². The Labute approximate surface area is 125 Å².